The molecule has 102 valence electrons. The summed E-state index contributed by atoms with van der Waals surface area (Å²) in [6.07, 6.45) is 7.67. The first kappa shape index (κ1) is 15.0. The van der Waals surface area contributed by atoms with Crippen LogP contribution >= 0.6 is 0 Å². The molecule has 0 saturated carbocycles. The van der Waals surface area contributed by atoms with E-state index in [4.69, 9.17) is 0 Å². The third-order valence-corrected chi connectivity index (χ3v) is 3.41. The molecule has 0 aliphatic heterocycles. The van der Waals surface area contributed by atoms with E-state index in [-0.39, 0.29) is 5.82 Å². The molecule has 0 aromatic heterocycles. The van der Waals surface area contributed by atoms with Crippen molar-refractivity contribution < 1.29 is 4.39 Å². The summed E-state index contributed by atoms with van der Waals surface area (Å²) in [5.74, 6) is -0.129. The van der Waals surface area contributed by atoms with Gasteiger partial charge in [-0.1, -0.05) is 45.1 Å². The van der Waals surface area contributed by atoms with E-state index in [1.54, 1.807) is 6.07 Å². The Balaban J connectivity index is 2.31. The maximum absolute atomic E-state index is 13.4. The molecule has 1 aromatic rings. The minimum atomic E-state index is -0.129. The van der Waals surface area contributed by atoms with Crippen LogP contribution in [0.5, 0.6) is 0 Å². The van der Waals surface area contributed by atoms with E-state index in [0.29, 0.717) is 6.04 Å². The number of hydrogen-bond acceptors (Lipinski definition) is 1. The van der Waals surface area contributed by atoms with E-state index in [9.17, 15) is 4.39 Å². The minimum Gasteiger partial charge on any atom is -0.382 e. The summed E-state index contributed by atoms with van der Waals surface area (Å²) in [4.78, 5) is 0. The highest BCUT2D eigenvalue weighted by atomic mass is 19.1. The number of benzene rings is 1. The molecule has 1 aromatic carbocycles. The van der Waals surface area contributed by atoms with E-state index < -0.39 is 0 Å². The lowest BCUT2D eigenvalue weighted by atomic mass is 10.1. The number of unbranched alkanes of at least 4 members (excludes halogenated alkanes) is 4. The molecule has 0 bridgehead atoms. The van der Waals surface area contributed by atoms with Gasteiger partial charge in [-0.25, -0.2) is 4.39 Å². The van der Waals surface area contributed by atoms with E-state index in [1.807, 2.05) is 13.0 Å². The van der Waals surface area contributed by atoms with Crippen molar-refractivity contribution >= 4 is 5.69 Å². The van der Waals surface area contributed by atoms with Crippen molar-refractivity contribution in [2.75, 3.05) is 5.32 Å². The summed E-state index contributed by atoms with van der Waals surface area (Å²) in [6.45, 7) is 6.23. The van der Waals surface area contributed by atoms with Crippen molar-refractivity contribution in [1.82, 2.24) is 0 Å². The van der Waals surface area contributed by atoms with Gasteiger partial charge < -0.3 is 5.32 Å². The zero-order valence-corrected chi connectivity index (χ0v) is 11.9. The first-order valence-electron chi connectivity index (χ1n) is 7.16. The van der Waals surface area contributed by atoms with Gasteiger partial charge in [-0.2, -0.15) is 0 Å². The van der Waals surface area contributed by atoms with Crippen LogP contribution in [0, 0.1) is 12.7 Å². The molecule has 1 unspecified atom stereocenters. The van der Waals surface area contributed by atoms with Crippen LogP contribution in [0.3, 0.4) is 0 Å². The number of nitrogens with one attached hydrogen (secondary N) is 1. The van der Waals surface area contributed by atoms with Crippen molar-refractivity contribution in [3.63, 3.8) is 0 Å². The first-order chi connectivity index (χ1) is 8.65. The Hall–Kier alpha value is -1.05. The molecular formula is C16H26FN. The largest absolute Gasteiger partial charge is 0.382 e. The molecule has 18 heavy (non-hydrogen) atoms. The summed E-state index contributed by atoms with van der Waals surface area (Å²) >= 11 is 0. The molecule has 0 heterocycles. The molecule has 0 spiro atoms. The highest BCUT2D eigenvalue weighted by Crippen LogP contribution is 2.19. The number of hydrogen-bond donors (Lipinski definition) is 1. The Labute approximate surface area is 111 Å². The maximum atomic E-state index is 13.4. The summed E-state index contributed by atoms with van der Waals surface area (Å²) in [7, 11) is 0. The van der Waals surface area contributed by atoms with Gasteiger partial charge in [0, 0.05) is 17.3 Å². The quantitative estimate of drug-likeness (QED) is 0.619. The van der Waals surface area contributed by atoms with Gasteiger partial charge in [0.25, 0.3) is 0 Å². The normalized spacial score (nSPS) is 12.4. The van der Waals surface area contributed by atoms with Crippen molar-refractivity contribution in [2.45, 2.75) is 65.3 Å². The van der Waals surface area contributed by atoms with Crippen LogP contribution in [0.1, 0.15) is 57.9 Å². The summed E-state index contributed by atoms with van der Waals surface area (Å²) in [6, 6.07) is 5.63. The Kier molecular flexibility index (Phi) is 6.77. The third kappa shape index (κ3) is 5.07. The lowest BCUT2D eigenvalue weighted by molar-refractivity contribution is 0.577. The van der Waals surface area contributed by atoms with Crippen LogP contribution in [0.4, 0.5) is 10.1 Å². The summed E-state index contributed by atoms with van der Waals surface area (Å²) in [5.41, 5.74) is 1.64. The third-order valence-electron chi connectivity index (χ3n) is 3.41. The molecule has 2 heteroatoms. The zero-order chi connectivity index (χ0) is 13.4. The SMILES string of the molecule is CCCCCCCC(C)Nc1cccc(F)c1C. The van der Waals surface area contributed by atoms with E-state index in [2.05, 4.69) is 19.2 Å². The van der Waals surface area contributed by atoms with Crippen LogP contribution in [0.2, 0.25) is 0 Å². The number of rotatable bonds is 8. The highest BCUT2D eigenvalue weighted by Gasteiger charge is 2.06. The zero-order valence-electron chi connectivity index (χ0n) is 11.9. The Morgan fingerprint density at radius 3 is 2.61 bits per heavy atom. The first-order valence-corrected chi connectivity index (χ1v) is 7.16. The van der Waals surface area contributed by atoms with Crippen molar-refractivity contribution in [3.05, 3.63) is 29.6 Å². The van der Waals surface area contributed by atoms with Gasteiger partial charge >= 0.3 is 0 Å². The van der Waals surface area contributed by atoms with Crippen LogP contribution in [-0.2, 0) is 0 Å². The second kappa shape index (κ2) is 8.12. The predicted molar refractivity (Wildman–Crippen MR) is 77.6 cm³/mol. The topological polar surface area (TPSA) is 12.0 Å². The molecule has 0 aliphatic rings. The molecule has 0 saturated heterocycles. The molecule has 1 rings (SSSR count). The molecular weight excluding hydrogens is 225 g/mol. The van der Waals surface area contributed by atoms with Crippen LogP contribution in [0.25, 0.3) is 0 Å². The second-order valence-electron chi connectivity index (χ2n) is 5.16. The Bertz CT molecular complexity index is 349. The van der Waals surface area contributed by atoms with Gasteiger partial charge in [0.05, 0.1) is 0 Å². The molecule has 1 nitrogen and oxygen atoms in total. The number of halogens is 1. The molecule has 0 aliphatic carbocycles. The van der Waals surface area contributed by atoms with E-state index >= 15 is 0 Å². The average Bonchev–Trinajstić information content (AvgIpc) is 2.35. The van der Waals surface area contributed by atoms with Gasteiger partial charge in [0.2, 0.25) is 0 Å². The predicted octanol–water partition coefficient (Wildman–Crippen LogP) is 5.30. The maximum Gasteiger partial charge on any atom is 0.128 e. The van der Waals surface area contributed by atoms with Gasteiger partial charge in [0.1, 0.15) is 5.82 Å². The van der Waals surface area contributed by atoms with Gasteiger partial charge in [-0.3, -0.25) is 0 Å². The lowest BCUT2D eigenvalue weighted by Gasteiger charge is -2.17. The van der Waals surface area contributed by atoms with Crippen molar-refractivity contribution in [3.8, 4) is 0 Å². The fourth-order valence-corrected chi connectivity index (χ4v) is 2.16. The summed E-state index contributed by atoms with van der Waals surface area (Å²) in [5, 5.41) is 3.40. The molecule has 0 amide bonds. The lowest BCUT2D eigenvalue weighted by Crippen LogP contribution is -2.15. The molecule has 1 atom stereocenters. The standard InChI is InChI=1S/C16H26FN/c1-4-5-6-7-8-10-13(2)18-16-12-9-11-15(17)14(16)3/h9,11-13,18H,4-8,10H2,1-3H3. The van der Waals surface area contributed by atoms with Gasteiger partial charge in [-0.05, 0) is 32.4 Å². The van der Waals surface area contributed by atoms with Crippen LogP contribution < -0.4 is 5.32 Å². The van der Waals surface area contributed by atoms with Crippen LogP contribution in [0.15, 0.2) is 18.2 Å². The monoisotopic (exact) mass is 251 g/mol. The highest BCUT2D eigenvalue weighted by molar-refractivity contribution is 5.51. The molecule has 0 fully saturated rings. The fraction of sp³-hybridized carbons (Fsp3) is 0.625. The Morgan fingerprint density at radius 1 is 1.17 bits per heavy atom. The van der Waals surface area contributed by atoms with Gasteiger partial charge in [0.15, 0.2) is 0 Å². The minimum absolute atomic E-state index is 0.129. The Morgan fingerprint density at radius 2 is 1.89 bits per heavy atom. The smallest absolute Gasteiger partial charge is 0.128 e. The summed E-state index contributed by atoms with van der Waals surface area (Å²) < 4.78 is 13.4. The average molecular weight is 251 g/mol. The van der Waals surface area contributed by atoms with Crippen molar-refractivity contribution in [1.29, 1.82) is 0 Å². The molecule has 0 radical (unpaired) electrons. The number of anilines is 1. The molecule has 1 N–H and O–H groups in total. The van der Waals surface area contributed by atoms with E-state index in [0.717, 1.165) is 17.7 Å². The van der Waals surface area contributed by atoms with Crippen LogP contribution in [-0.4, -0.2) is 6.04 Å². The van der Waals surface area contributed by atoms with Gasteiger partial charge in [-0.15, -0.1) is 0 Å². The van der Waals surface area contributed by atoms with Crippen molar-refractivity contribution in [2.24, 2.45) is 0 Å². The fourth-order valence-electron chi connectivity index (χ4n) is 2.16. The van der Waals surface area contributed by atoms with E-state index in [1.165, 1.54) is 38.2 Å². The second-order valence-corrected chi connectivity index (χ2v) is 5.16.